The van der Waals surface area contributed by atoms with Gasteiger partial charge in [-0.05, 0) is 30.3 Å². The van der Waals surface area contributed by atoms with Gasteiger partial charge in [-0.1, -0.05) is 0 Å². The quantitative estimate of drug-likeness (QED) is 0.383. The number of amides is 1. The fraction of sp³-hybridized carbons (Fsp3) is 0.0500. The van der Waals surface area contributed by atoms with Crippen LogP contribution in [-0.2, 0) is 0 Å². The van der Waals surface area contributed by atoms with Gasteiger partial charge in [0.05, 0.1) is 23.8 Å². The van der Waals surface area contributed by atoms with Crippen LogP contribution < -0.4 is 14.8 Å². The normalized spacial score (nSPS) is 10.6. The van der Waals surface area contributed by atoms with Crippen LogP contribution in [0.1, 0.15) is 10.5 Å². The van der Waals surface area contributed by atoms with E-state index in [-0.39, 0.29) is 22.8 Å². The Morgan fingerprint density at radius 1 is 1.10 bits per heavy atom. The van der Waals surface area contributed by atoms with E-state index in [2.05, 4.69) is 15.4 Å². The molecule has 0 atom stereocenters. The molecule has 2 aromatic carbocycles. The minimum absolute atomic E-state index is 0.123. The van der Waals surface area contributed by atoms with E-state index in [1.54, 1.807) is 49.8 Å². The first kappa shape index (κ1) is 18.9. The zero-order chi connectivity index (χ0) is 21.1. The molecule has 2 aromatic heterocycles. The van der Waals surface area contributed by atoms with Crippen molar-refractivity contribution in [1.29, 1.82) is 0 Å². The summed E-state index contributed by atoms with van der Waals surface area (Å²) in [4.78, 5) is 27.4. The number of anilines is 1. The number of carbonyl (C=O) groups is 1. The highest BCUT2D eigenvalue weighted by Gasteiger charge is 2.16. The highest BCUT2D eigenvalue weighted by molar-refractivity contribution is 6.03. The monoisotopic (exact) mass is 405 g/mol. The van der Waals surface area contributed by atoms with Gasteiger partial charge in [-0.15, -0.1) is 0 Å². The molecule has 0 aliphatic carbocycles. The number of aromatic nitrogens is 3. The van der Waals surface area contributed by atoms with Crippen molar-refractivity contribution in [3.8, 4) is 17.2 Å². The number of nitro groups is 1. The van der Waals surface area contributed by atoms with Crippen molar-refractivity contribution in [2.45, 2.75) is 0 Å². The third-order valence-electron chi connectivity index (χ3n) is 4.12. The minimum Gasteiger partial charge on any atom is -0.497 e. The Balaban J connectivity index is 1.59. The standard InChI is InChI=1S/C20H15N5O5/c1-29-15-3-5-16(6-4-15)30-17-10-13(9-14(11-17)25(27)28)22-20(26)18-12-19-21-7-2-8-24(19)23-18/h2-12H,1H3,(H,22,26). The summed E-state index contributed by atoms with van der Waals surface area (Å²) in [5.41, 5.74) is 0.596. The second-order valence-electron chi connectivity index (χ2n) is 6.16. The summed E-state index contributed by atoms with van der Waals surface area (Å²) in [5, 5.41) is 18.1. The number of non-ortho nitro benzene ring substituents is 1. The molecule has 0 saturated carbocycles. The predicted molar refractivity (Wildman–Crippen MR) is 107 cm³/mol. The molecule has 0 spiro atoms. The largest absolute Gasteiger partial charge is 0.497 e. The molecule has 10 heteroatoms. The van der Waals surface area contributed by atoms with Gasteiger partial charge < -0.3 is 14.8 Å². The first-order valence-corrected chi connectivity index (χ1v) is 8.75. The number of rotatable bonds is 6. The molecule has 0 bridgehead atoms. The summed E-state index contributed by atoms with van der Waals surface area (Å²) in [6.45, 7) is 0. The number of nitrogens with one attached hydrogen (secondary N) is 1. The third-order valence-corrected chi connectivity index (χ3v) is 4.12. The zero-order valence-electron chi connectivity index (χ0n) is 15.7. The number of hydrogen-bond acceptors (Lipinski definition) is 7. The Hall–Kier alpha value is -4.47. The summed E-state index contributed by atoms with van der Waals surface area (Å²) < 4.78 is 12.3. The van der Waals surface area contributed by atoms with Gasteiger partial charge in [0.1, 0.15) is 17.2 Å². The molecular formula is C20H15N5O5. The van der Waals surface area contributed by atoms with Crippen molar-refractivity contribution in [3.63, 3.8) is 0 Å². The molecule has 10 nitrogen and oxygen atoms in total. The molecule has 4 rings (SSSR count). The van der Waals surface area contributed by atoms with Crippen LogP contribution >= 0.6 is 0 Å². The van der Waals surface area contributed by atoms with Crippen LogP contribution in [0.2, 0.25) is 0 Å². The van der Waals surface area contributed by atoms with Gasteiger partial charge >= 0.3 is 0 Å². The summed E-state index contributed by atoms with van der Waals surface area (Å²) in [6.07, 6.45) is 3.25. The van der Waals surface area contributed by atoms with Crippen LogP contribution in [0.3, 0.4) is 0 Å². The average Bonchev–Trinajstić information content (AvgIpc) is 3.18. The predicted octanol–water partition coefficient (Wildman–Crippen LogP) is 3.69. The molecule has 0 aliphatic heterocycles. The maximum Gasteiger partial charge on any atom is 0.276 e. The Morgan fingerprint density at radius 2 is 1.87 bits per heavy atom. The molecule has 2 heterocycles. The summed E-state index contributed by atoms with van der Waals surface area (Å²) in [6, 6.07) is 13.9. The summed E-state index contributed by atoms with van der Waals surface area (Å²) in [7, 11) is 1.55. The first-order chi connectivity index (χ1) is 14.5. The Kier molecular flexibility index (Phi) is 4.95. The molecule has 0 radical (unpaired) electrons. The van der Waals surface area contributed by atoms with E-state index in [0.717, 1.165) is 0 Å². The summed E-state index contributed by atoms with van der Waals surface area (Å²) in [5.74, 6) is 0.772. The number of nitrogens with zero attached hydrogens (tertiary/aromatic N) is 4. The SMILES string of the molecule is COc1ccc(Oc2cc(NC(=O)c3cc4ncccn4n3)cc([N+](=O)[O-])c2)cc1. The lowest BCUT2D eigenvalue weighted by Crippen LogP contribution is -2.13. The summed E-state index contributed by atoms with van der Waals surface area (Å²) >= 11 is 0. The van der Waals surface area contributed by atoms with E-state index in [1.165, 1.54) is 28.8 Å². The van der Waals surface area contributed by atoms with Crippen LogP contribution in [-0.4, -0.2) is 32.5 Å². The molecule has 150 valence electrons. The van der Waals surface area contributed by atoms with Crippen molar-refractivity contribution in [2.75, 3.05) is 12.4 Å². The molecule has 0 fully saturated rings. The van der Waals surface area contributed by atoms with Gasteiger partial charge in [-0.25, -0.2) is 9.50 Å². The molecule has 0 unspecified atom stereocenters. The van der Waals surface area contributed by atoms with Crippen LogP contribution in [0, 0.1) is 10.1 Å². The van der Waals surface area contributed by atoms with Crippen molar-refractivity contribution in [1.82, 2.24) is 14.6 Å². The number of benzene rings is 2. The lowest BCUT2D eigenvalue weighted by atomic mass is 10.2. The van der Waals surface area contributed by atoms with Gasteiger partial charge in [0.2, 0.25) is 0 Å². The van der Waals surface area contributed by atoms with Gasteiger partial charge in [-0.3, -0.25) is 14.9 Å². The number of carbonyl (C=O) groups excluding carboxylic acids is 1. The maximum atomic E-state index is 12.6. The van der Waals surface area contributed by atoms with Gasteiger partial charge in [-0.2, -0.15) is 5.10 Å². The third kappa shape index (κ3) is 4.02. The zero-order valence-corrected chi connectivity index (χ0v) is 15.7. The topological polar surface area (TPSA) is 121 Å². The van der Waals surface area contributed by atoms with Crippen LogP contribution in [0.15, 0.2) is 67.0 Å². The van der Waals surface area contributed by atoms with Crippen molar-refractivity contribution >= 4 is 22.9 Å². The van der Waals surface area contributed by atoms with E-state index in [9.17, 15) is 14.9 Å². The van der Waals surface area contributed by atoms with E-state index < -0.39 is 10.8 Å². The van der Waals surface area contributed by atoms with Crippen LogP contribution in [0.5, 0.6) is 17.2 Å². The molecule has 30 heavy (non-hydrogen) atoms. The molecule has 0 saturated heterocycles. The van der Waals surface area contributed by atoms with Gasteiger partial charge in [0, 0.05) is 30.6 Å². The number of ether oxygens (including phenoxy) is 2. The lowest BCUT2D eigenvalue weighted by molar-refractivity contribution is -0.384. The van der Waals surface area contributed by atoms with Crippen molar-refractivity contribution in [2.24, 2.45) is 0 Å². The van der Waals surface area contributed by atoms with E-state index in [4.69, 9.17) is 9.47 Å². The van der Waals surface area contributed by atoms with Crippen molar-refractivity contribution in [3.05, 3.63) is 82.8 Å². The molecule has 1 N–H and O–H groups in total. The van der Waals surface area contributed by atoms with Gasteiger partial charge in [0.15, 0.2) is 11.3 Å². The maximum absolute atomic E-state index is 12.6. The number of fused-ring (bicyclic) bond motifs is 1. The highest BCUT2D eigenvalue weighted by Crippen LogP contribution is 2.30. The average molecular weight is 405 g/mol. The smallest absolute Gasteiger partial charge is 0.276 e. The second kappa shape index (κ2) is 7.87. The fourth-order valence-electron chi connectivity index (χ4n) is 2.74. The Bertz CT molecular complexity index is 1200. The Morgan fingerprint density at radius 3 is 2.57 bits per heavy atom. The lowest BCUT2D eigenvalue weighted by Gasteiger charge is -2.09. The van der Waals surface area contributed by atoms with E-state index in [0.29, 0.717) is 17.1 Å². The number of hydrogen-bond donors (Lipinski definition) is 1. The molecule has 1 amide bonds. The highest BCUT2D eigenvalue weighted by atomic mass is 16.6. The van der Waals surface area contributed by atoms with Crippen LogP contribution in [0.4, 0.5) is 11.4 Å². The minimum atomic E-state index is -0.564. The first-order valence-electron chi connectivity index (χ1n) is 8.75. The van der Waals surface area contributed by atoms with E-state index in [1.807, 2.05) is 0 Å². The fourth-order valence-corrected chi connectivity index (χ4v) is 2.74. The Labute approximate surface area is 169 Å². The molecular weight excluding hydrogens is 390 g/mol. The molecule has 0 aliphatic rings. The van der Waals surface area contributed by atoms with Crippen LogP contribution in [0.25, 0.3) is 5.65 Å². The van der Waals surface area contributed by atoms with E-state index >= 15 is 0 Å². The van der Waals surface area contributed by atoms with Gasteiger partial charge in [0.25, 0.3) is 11.6 Å². The molecule has 4 aromatic rings. The number of nitro benzene ring substituents is 1. The van der Waals surface area contributed by atoms with Crippen molar-refractivity contribution < 1.29 is 19.2 Å². The second-order valence-corrected chi connectivity index (χ2v) is 6.16. The number of methoxy groups -OCH3 is 1.